The second-order valence-electron chi connectivity index (χ2n) is 8.16. The van der Waals surface area contributed by atoms with Crippen molar-refractivity contribution in [3.8, 4) is 17.1 Å². The van der Waals surface area contributed by atoms with Crippen molar-refractivity contribution in [3.63, 3.8) is 0 Å². The van der Waals surface area contributed by atoms with Crippen LogP contribution in [-0.2, 0) is 4.79 Å². The lowest BCUT2D eigenvalue weighted by atomic mass is 10.0. The molecule has 1 saturated carbocycles. The van der Waals surface area contributed by atoms with Crippen molar-refractivity contribution in [1.82, 2.24) is 29.4 Å². The number of aliphatic imine (C=N–C) groups is 1. The van der Waals surface area contributed by atoms with Crippen LogP contribution in [0.15, 0.2) is 72.0 Å². The van der Waals surface area contributed by atoms with Crippen LogP contribution in [0.2, 0.25) is 5.02 Å². The second kappa shape index (κ2) is 8.05. The standard InChI is InChI=1S/C24H17ClN8O2/c25-17-11-15(12-28-23(17)32-10-2-7-29-32)20-19(22(26)35)21(14-4-5-14)33(30-20)18-3-1-9-31-16(13-34)6-8-27-24(18)31/h1-3,6-12,14H,4-5H2,(H2,26,35). The van der Waals surface area contributed by atoms with Gasteiger partial charge in [0.05, 0.1) is 16.3 Å². The number of amides is 1. The van der Waals surface area contributed by atoms with Crippen LogP contribution in [0, 0.1) is 0 Å². The van der Waals surface area contributed by atoms with Crippen LogP contribution >= 0.6 is 11.6 Å². The number of nitrogens with zero attached hydrogens (tertiary/aromatic N) is 7. The number of carbonyl (C=O) groups excluding carboxylic acids is 2. The van der Waals surface area contributed by atoms with E-state index in [0.29, 0.717) is 50.6 Å². The Morgan fingerprint density at radius 3 is 2.83 bits per heavy atom. The zero-order chi connectivity index (χ0) is 24.1. The first-order valence-electron chi connectivity index (χ1n) is 10.8. The molecule has 1 aliphatic carbocycles. The Bertz CT molecular complexity index is 1550. The molecule has 5 heterocycles. The minimum absolute atomic E-state index is 0.117. The average Bonchev–Trinajstić information content (AvgIpc) is 3.40. The Morgan fingerprint density at radius 2 is 2.14 bits per heavy atom. The summed E-state index contributed by atoms with van der Waals surface area (Å²) in [6.07, 6.45) is 15.2. The molecule has 10 nitrogen and oxygen atoms in total. The fraction of sp³-hybridized carbons (Fsp3) is 0.125. The highest BCUT2D eigenvalue weighted by molar-refractivity contribution is 6.32. The minimum atomic E-state index is -0.594. The summed E-state index contributed by atoms with van der Waals surface area (Å²) in [6, 6.07) is 3.46. The van der Waals surface area contributed by atoms with Crippen molar-refractivity contribution in [2.75, 3.05) is 0 Å². The molecule has 3 aliphatic rings. The first-order valence-corrected chi connectivity index (χ1v) is 11.2. The molecule has 35 heavy (non-hydrogen) atoms. The van der Waals surface area contributed by atoms with Crippen LogP contribution in [0.25, 0.3) is 22.8 Å². The third kappa shape index (κ3) is 3.43. The van der Waals surface area contributed by atoms with Crippen molar-refractivity contribution >= 4 is 35.0 Å². The van der Waals surface area contributed by atoms with Gasteiger partial charge in [0.2, 0.25) is 0 Å². The molecule has 1 fully saturated rings. The lowest BCUT2D eigenvalue weighted by Crippen LogP contribution is -2.32. The van der Waals surface area contributed by atoms with Gasteiger partial charge in [-0.25, -0.2) is 24.1 Å². The maximum Gasteiger partial charge on any atom is 0.252 e. The fourth-order valence-electron chi connectivity index (χ4n) is 4.24. The predicted molar refractivity (Wildman–Crippen MR) is 129 cm³/mol. The lowest BCUT2D eigenvalue weighted by molar-refractivity contribution is 0.1000. The molecule has 0 atom stereocenters. The van der Waals surface area contributed by atoms with E-state index in [0.717, 1.165) is 12.8 Å². The molecular formula is C24H17ClN8O2. The number of nitrogens with two attached hydrogens (primary N) is 1. The van der Waals surface area contributed by atoms with Gasteiger partial charge in [0.15, 0.2) is 17.6 Å². The maximum atomic E-state index is 12.7. The molecule has 0 unspecified atom stereocenters. The monoisotopic (exact) mass is 484 g/mol. The number of halogens is 1. The van der Waals surface area contributed by atoms with Crippen molar-refractivity contribution in [2.24, 2.45) is 10.7 Å². The van der Waals surface area contributed by atoms with Gasteiger partial charge < -0.3 is 5.73 Å². The second-order valence-corrected chi connectivity index (χ2v) is 8.57. The smallest absolute Gasteiger partial charge is 0.252 e. The van der Waals surface area contributed by atoms with E-state index in [1.165, 1.54) is 6.20 Å². The first kappa shape index (κ1) is 21.0. The number of amidine groups is 1. The van der Waals surface area contributed by atoms with E-state index in [1.54, 1.807) is 63.3 Å². The molecule has 172 valence electrons. The summed E-state index contributed by atoms with van der Waals surface area (Å²) in [6.45, 7) is 0. The van der Waals surface area contributed by atoms with Gasteiger partial charge in [-0.3, -0.25) is 9.69 Å². The van der Waals surface area contributed by atoms with Gasteiger partial charge in [0, 0.05) is 42.5 Å². The van der Waals surface area contributed by atoms with Crippen LogP contribution in [0.3, 0.4) is 0 Å². The highest BCUT2D eigenvalue weighted by Gasteiger charge is 2.37. The predicted octanol–water partition coefficient (Wildman–Crippen LogP) is 3.07. The molecule has 0 aromatic carbocycles. The SMILES string of the molecule is NC(=O)c1c(-c2cnc(-n3cccn3)c(Cl)c2)nn(C2=CC=CN3C(=C=O)C=CN=C23)c1C1CC1. The van der Waals surface area contributed by atoms with E-state index in [1.807, 2.05) is 12.0 Å². The Hall–Kier alpha value is -4.53. The molecule has 11 heteroatoms. The number of hydrogen-bond acceptors (Lipinski definition) is 7. The van der Waals surface area contributed by atoms with Crippen LogP contribution in [0.1, 0.15) is 34.8 Å². The number of carbonyl (C=O) groups is 1. The average molecular weight is 485 g/mol. The number of rotatable bonds is 5. The summed E-state index contributed by atoms with van der Waals surface area (Å²) in [5.41, 5.74) is 8.74. The first-order chi connectivity index (χ1) is 17.1. The lowest BCUT2D eigenvalue weighted by Gasteiger charge is -2.27. The van der Waals surface area contributed by atoms with Crippen LogP contribution in [0.4, 0.5) is 0 Å². The molecule has 1 amide bonds. The molecule has 6 rings (SSSR count). The largest absolute Gasteiger partial charge is 0.365 e. The van der Waals surface area contributed by atoms with E-state index in [9.17, 15) is 9.59 Å². The topological polar surface area (TPSA) is 124 Å². The quantitative estimate of drug-likeness (QED) is 0.555. The number of allylic oxidation sites excluding steroid dienone is 3. The van der Waals surface area contributed by atoms with E-state index in [-0.39, 0.29) is 5.92 Å². The highest BCUT2D eigenvalue weighted by Crippen LogP contribution is 2.45. The molecule has 3 aromatic heterocycles. The van der Waals surface area contributed by atoms with Crippen molar-refractivity contribution in [2.45, 2.75) is 18.8 Å². The fourth-order valence-corrected chi connectivity index (χ4v) is 4.49. The van der Waals surface area contributed by atoms with Gasteiger partial charge in [-0.15, -0.1) is 0 Å². The number of hydrogen-bond donors (Lipinski definition) is 1. The molecule has 0 spiro atoms. The van der Waals surface area contributed by atoms with Crippen LogP contribution in [-0.4, -0.2) is 47.1 Å². The molecule has 2 N–H and O–H groups in total. The summed E-state index contributed by atoms with van der Waals surface area (Å²) in [5, 5.41) is 9.33. The van der Waals surface area contributed by atoms with E-state index in [2.05, 4.69) is 15.1 Å². The third-order valence-electron chi connectivity index (χ3n) is 5.92. The summed E-state index contributed by atoms with van der Waals surface area (Å²) in [7, 11) is 0. The van der Waals surface area contributed by atoms with Gasteiger partial charge in [-0.2, -0.15) is 10.2 Å². The summed E-state index contributed by atoms with van der Waals surface area (Å²) >= 11 is 6.53. The summed E-state index contributed by atoms with van der Waals surface area (Å²) in [5.74, 6) is 2.39. The normalized spacial score (nSPS) is 16.6. The number of aromatic nitrogens is 5. The van der Waals surface area contributed by atoms with Gasteiger partial charge >= 0.3 is 0 Å². The van der Waals surface area contributed by atoms with E-state index >= 15 is 0 Å². The van der Waals surface area contributed by atoms with E-state index < -0.39 is 5.91 Å². The zero-order valence-electron chi connectivity index (χ0n) is 18.2. The van der Waals surface area contributed by atoms with Gasteiger partial charge in [-0.05, 0) is 43.2 Å². The molecule has 2 aliphatic heterocycles. The summed E-state index contributed by atoms with van der Waals surface area (Å²) < 4.78 is 3.25. The maximum absolute atomic E-state index is 12.7. The van der Waals surface area contributed by atoms with Crippen LogP contribution in [0.5, 0.6) is 0 Å². The number of fused-ring (bicyclic) bond motifs is 1. The third-order valence-corrected chi connectivity index (χ3v) is 6.19. The molecule has 0 saturated heterocycles. The van der Waals surface area contributed by atoms with Crippen LogP contribution < -0.4 is 5.73 Å². The van der Waals surface area contributed by atoms with Gasteiger partial charge in [0.25, 0.3) is 5.91 Å². The molecule has 0 radical (unpaired) electrons. The number of pyridine rings is 1. The summed E-state index contributed by atoms with van der Waals surface area (Å²) in [4.78, 5) is 34.7. The Morgan fingerprint density at radius 1 is 1.29 bits per heavy atom. The Kier molecular flexibility index (Phi) is 4.84. The highest BCUT2D eigenvalue weighted by atomic mass is 35.5. The van der Waals surface area contributed by atoms with Gasteiger partial charge in [0.1, 0.15) is 17.1 Å². The Labute approximate surface area is 204 Å². The molecule has 3 aromatic rings. The van der Waals surface area contributed by atoms with Crippen molar-refractivity contribution in [1.29, 1.82) is 0 Å². The number of primary amides is 1. The van der Waals surface area contributed by atoms with Gasteiger partial charge in [-0.1, -0.05) is 11.6 Å². The molecular weight excluding hydrogens is 468 g/mol. The Balaban J connectivity index is 1.53. The van der Waals surface area contributed by atoms with Crippen molar-refractivity contribution < 1.29 is 9.59 Å². The zero-order valence-corrected chi connectivity index (χ0v) is 18.9. The molecule has 0 bridgehead atoms. The van der Waals surface area contributed by atoms with E-state index in [4.69, 9.17) is 22.4 Å². The minimum Gasteiger partial charge on any atom is -0.365 e. The van der Waals surface area contributed by atoms with Crippen molar-refractivity contribution in [3.05, 3.63) is 83.3 Å².